The number of piperidine rings is 1. The SMILES string of the molecule is COC(=O)[C@H]1[C@@H](OC(=O)Nc2c(C)cccc2C)C[C@@H]2CC[C@H]1N2C. The van der Waals surface area contributed by atoms with Crippen LogP contribution in [-0.2, 0) is 14.3 Å². The predicted octanol–water partition coefficient (Wildman–Crippen LogP) is 2.88. The molecule has 2 saturated heterocycles. The molecule has 0 aliphatic carbocycles. The maximum Gasteiger partial charge on any atom is 0.411 e. The molecule has 3 rings (SSSR count). The lowest BCUT2D eigenvalue weighted by Crippen LogP contribution is -2.53. The number of aryl methyl sites for hydroxylation is 2. The Bertz CT molecular complexity index is 655. The Morgan fingerprint density at radius 2 is 1.88 bits per heavy atom. The van der Waals surface area contributed by atoms with Crippen LogP contribution in [0.2, 0.25) is 0 Å². The van der Waals surface area contributed by atoms with Crippen LogP contribution in [0, 0.1) is 19.8 Å². The van der Waals surface area contributed by atoms with Crippen LogP contribution in [0.15, 0.2) is 18.2 Å². The van der Waals surface area contributed by atoms with Crippen molar-refractivity contribution in [1.29, 1.82) is 0 Å². The largest absolute Gasteiger partial charge is 0.469 e. The topological polar surface area (TPSA) is 67.9 Å². The third kappa shape index (κ3) is 3.35. The van der Waals surface area contributed by atoms with E-state index in [1.165, 1.54) is 7.11 Å². The van der Waals surface area contributed by atoms with Crippen LogP contribution < -0.4 is 5.32 Å². The summed E-state index contributed by atoms with van der Waals surface area (Å²) in [6.07, 6.45) is 1.64. The van der Waals surface area contributed by atoms with Crippen LogP contribution in [-0.4, -0.2) is 49.3 Å². The molecule has 6 nitrogen and oxygen atoms in total. The normalized spacial score (nSPS) is 28.5. The maximum absolute atomic E-state index is 12.5. The minimum atomic E-state index is -0.514. The molecule has 2 aliphatic rings. The van der Waals surface area contributed by atoms with E-state index in [1.807, 2.05) is 39.1 Å². The van der Waals surface area contributed by atoms with E-state index in [1.54, 1.807) is 0 Å². The van der Waals surface area contributed by atoms with E-state index in [2.05, 4.69) is 10.2 Å². The van der Waals surface area contributed by atoms with Gasteiger partial charge in [-0.2, -0.15) is 0 Å². The highest BCUT2D eigenvalue weighted by Crippen LogP contribution is 2.40. The number of hydrogen-bond acceptors (Lipinski definition) is 5. The first-order valence-corrected chi connectivity index (χ1v) is 8.76. The van der Waals surface area contributed by atoms with E-state index in [-0.39, 0.29) is 12.0 Å². The molecule has 0 spiro atoms. The first-order chi connectivity index (χ1) is 11.9. The first kappa shape index (κ1) is 17.7. The van der Waals surface area contributed by atoms with Gasteiger partial charge in [0, 0.05) is 24.2 Å². The van der Waals surface area contributed by atoms with Gasteiger partial charge in [0.05, 0.1) is 7.11 Å². The summed E-state index contributed by atoms with van der Waals surface area (Å²) < 4.78 is 10.7. The number of fused-ring (bicyclic) bond motifs is 2. The number of carbonyl (C=O) groups excluding carboxylic acids is 2. The van der Waals surface area contributed by atoms with E-state index in [4.69, 9.17) is 9.47 Å². The minimum Gasteiger partial charge on any atom is -0.469 e. The highest BCUT2D eigenvalue weighted by molar-refractivity contribution is 5.87. The molecule has 25 heavy (non-hydrogen) atoms. The zero-order chi connectivity index (χ0) is 18.1. The van der Waals surface area contributed by atoms with Crippen molar-refractivity contribution in [2.75, 3.05) is 19.5 Å². The fourth-order valence-corrected chi connectivity index (χ4v) is 4.27. The summed E-state index contributed by atoms with van der Waals surface area (Å²) in [5.74, 6) is -0.737. The molecule has 0 radical (unpaired) electrons. The van der Waals surface area contributed by atoms with Crippen LogP contribution in [0.4, 0.5) is 10.5 Å². The van der Waals surface area contributed by atoms with Gasteiger partial charge in [0.15, 0.2) is 0 Å². The number of hydrogen-bond donors (Lipinski definition) is 1. The van der Waals surface area contributed by atoms with E-state index in [0.717, 1.165) is 29.7 Å². The van der Waals surface area contributed by atoms with Crippen molar-refractivity contribution in [3.63, 3.8) is 0 Å². The molecule has 4 atom stereocenters. The maximum atomic E-state index is 12.5. The molecule has 0 unspecified atom stereocenters. The second-order valence-electron chi connectivity index (χ2n) is 7.08. The molecule has 0 aromatic heterocycles. The van der Waals surface area contributed by atoms with Gasteiger partial charge in [-0.25, -0.2) is 4.79 Å². The zero-order valence-electron chi connectivity index (χ0n) is 15.2. The van der Waals surface area contributed by atoms with Gasteiger partial charge in [-0.05, 0) is 44.9 Å². The van der Waals surface area contributed by atoms with Gasteiger partial charge in [0.2, 0.25) is 0 Å². The standard InChI is InChI=1S/C19H26N2O4/c1-11-6-5-7-12(2)17(11)20-19(23)25-15-10-13-8-9-14(21(13)3)16(15)18(22)24-4/h5-7,13-16H,8-10H2,1-4H3,(H,20,23)/t13-,14+,15-,16+/m0/s1. The number of benzene rings is 1. The van der Waals surface area contributed by atoms with Gasteiger partial charge >= 0.3 is 12.1 Å². The molecule has 2 aliphatic heterocycles. The van der Waals surface area contributed by atoms with Gasteiger partial charge in [0.1, 0.15) is 12.0 Å². The Labute approximate surface area is 148 Å². The average Bonchev–Trinajstić information content (AvgIpc) is 2.81. The van der Waals surface area contributed by atoms with Gasteiger partial charge < -0.3 is 9.47 Å². The van der Waals surface area contributed by atoms with Crippen molar-refractivity contribution in [2.45, 2.75) is 51.3 Å². The third-order valence-corrected chi connectivity index (χ3v) is 5.65. The number of amides is 1. The lowest BCUT2D eigenvalue weighted by molar-refractivity contribution is -0.155. The van der Waals surface area contributed by atoms with Crippen molar-refractivity contribution in [1.82, 2.24) is 4.90 Å². The Kier molecular flexibility index (Phi) is 4.99. The number of anilines is 1. The van der Waals surface area contributed by atoms with E-state index >= 15 is 0 Å². The highest BCUT2D eigenvalue weighted by Gasteiger charge is 2.51. The van der Waals surface area contributed by atoms with Crippen LogP contribution in [0.3, 0.4) is 0 Å². The molecule has 1 amide bonds. The highest BCUT2D eigenvalue weighted by atomic mass is 16.6. The number of nitrogens with zero attached hydrogens (tertiary/aromatic N) is 1. The number of methoxy groups -OCH3 is 1. The van der Waals surface area contributed by atoms with Crippen LogP contribution in [0.25, 0.3) is 0 Å². The number of esters is 1. The Hall–Kier alpha value is -2.08. The zero-order valence-corrected chi connectivity index (χ0v) is 15.2. The molecule has 1 aromatic carbocycles. The van der Waals surface area contributed by atoms with Gasteiger partial charge in [-0.1, -0.05) is 18.2 Å². The molecule has 1 aromatic rings. The summed E-state index contributed by atoms with van der Waals surface area (Å²) in [5, 5.41) is 2.84. The Morgan fingerprint density at radius 1 is 1.20 bits per heavy atom. The summed E-state index contributed by atoms with van der Waals surface area (Å²) in [6, 6.07) is 6.25. The van der Waals surface area contributed by atoms with E-state index in [9.17, 15) is 9.59 Å². The number of carbonyl (C=O) groups is 2. The molecule has 136 valence electrons. The second kappa shape index (κ2) is 7.04. The summed E-state index contributed by atoms with van der Waals surface area (Å²) in [5.41, 5.74) is 2.72. The Balaban J connectivity index is 1.74. The van der Waals surface area contributed by atoms with Gasteiger partial charge in [-0.15, -0.1) is 0 Å². The van der Waals surface area contributed by atoms with Crippen molar-refractivity contribution in [3.05, 3.63) is 29.3 Å². The average molecular weight is 346 g/mol. The molecule has 2 bridgehead atoms. The van der Waals surface area contributed by atoms with Gasteiger partial charge in [0.25, 0.3) is 0 Å². The summed E-state index contributed by atoms with van der Waals surface area (Å²) in [6.45, 7) is 3.88. The smallest absolute Gasteiger partial charge is 0.411 e. The molecule has 6 heteroatoms. The minimum absolute atomic E-state index is 0.0733. The number of nitrogens with one attached hydrogen (secondary N) is 1. The molecular formula is C19H26N2O4. The van der Waals surface area contributed by atoms with Crippen molar-refractivity contribution in [2.24, 2.45) is 5.92 Å². The van der Waals surface area contributed by atoms with Crippen LogP contribution >= 0.6 is 0 Å². The third-order valence-electron chi connectivity index (χ3n) is 5.65. The fourth-order valence-electron chi connectivity index (χ4n) is 4.27. The molecule has 1 N–H and O–H groups in total. The molecule has 2 fully saturated rings. The van der Waals surface area contributed by atoms with Crippen LogP contribution in [0.5, 0.6) is 0 Å². The quantitative estimate of drug-likeness (QED) is 0.853. The molecule has 0 saturated carbocycles. The van der Waals surface area contributed by atoms with E-state index in [0.29, 0.717) is 12.5 Å². The summed E-state index contributed by atoms with van der Waals surface area (Å²) in [7, 11) is 3.42. The number of ether oxygens (including phenoxy) is 2. The monoisotopic (exact) mass is 346 g/mol. The molecular weight excluding hydrogens is 320 g/mol. The molecule has 2 heterocycles. The lowest BCUT2D eigenvalue weighted by Gasteiger charge is -2.40. The second-order valence-corrected chi connectivity index (χ2v) is 7.08. The van der Waals surface area contributed by atoms with Crippen LogP contribution in [0.1, 0.15) is 30.4 Å². The van der Waals surface area contributed by atoms with Crippen molar-refractivity contribution >= 4 is 17.7 Å². The summed E-state index contributed by atoms with van der Waals surface area (Å²) in [4.78, 5) is 27.0. The Morgan fingerprint density at radius 3 is 2.52 bits per heavy atom. The van der Waals surface area contributed by atoms with Gasteiger partial charge in [-0.3, -0.25) is 15.0 Å². The first-order valence-electron chi connectivity index (χ1n) is 8.76. The fraction of sp³-hybridized carbons (Fsp3) is 0.579. The van der Waals surface area contributed by atoms with E-state index < -0.39 is 18.1 Å². The van der Waals surface area contributed by atoms with Crippen molar-refractivity contribution in [3.8, 4) is 0 Å². The lowest BCUT2D eigenvalue weighted by atomic mass is 9.87. The number of para-hydroxylation sites is 1. The predicted molar refractivity (Wildman–Crippen MR) is 94.5 cm³/mol. The summed E-state index contributed by atoms with van der Waals surface area (Å²) >= 11 is 0. The van der Waals surface area contributed by atoms with Crippen molar-refractivity contribution < 1.29 is 19.1 Å². The number of rotatable bonds is 3.